The van der Waals surface area contributed by atoms with Crippen LogP contribution in [-0.4, -0.2) is 17.4 Å². The fourth-order valence-electron chi connectivity index (χ4n) is 2.56. The highest BCUT2D eigenvalue weighted by Gasteiger charge is 2.15. The molecule has 26 heavy (non-hydrogen) atoms. The minimum atomic E-state index is 0.719. The second-order valence-corrected chi connectivity index (χ2v) is 7.42. The Morgan fingerprint density at radius 3 is 2.19 bits per heavy atom. The molecule has 0 spiro atoms. The summed E-state index contributed by atoms with van der Waals surface area (Å²) in [4.78, 5) is 1.96. The van der Waals surface area contributed by atoms with E-state index < -0.39 is 0 Å². The minimum absolute atomic E-state index is 0.719. The van der Waals surface area contributed by atoms with E-state index in [9.17, 15) is 0 Å². The van der Waals surface area contributed by atoms with E-state index in [1.807, 2.05) is 57.3 Å². The van der Waals surface area contributed by atoms with Gasteiger partial charge in [0.25, 0.3) is 0 Å². The van der Waals surface area contributed by atoms with Crippen LogP contribution in [0.5, 0.6) is 5.75 Å². The lowest BCUT2D eigenvalue weighted by atomic mass is 10.1. The Kier molecular flexibility index (Phi) is 5.59. The normalized spacial score (nSPS) is 11.5. The summed E-state index contributed by atoms with van der Waals surface area (Å²) in [6.45, 7) is 3.86. The smallest absolute Gasteiger partial charge is 0.211 e. The van der Waals surface area contributed by atoms with Gasteiger partial charge in [0, 0.05) is 17.8 Å². The molecule has 6 heteroatoms. The first-order valence-corrected chi connectivity index (χ1v) is 9.34. The van der Waals surface area contributed by atoms with E-state index >= 15 is 0 Å². The summed E-state index contributed by atoms with van der Waals surface area (Å²) >= 11 is 7.67. The van der Waals surface area contributed by atoms with Crippen LogP contribution in [-0.2, 0) is 7.05 Å². The van der Waals surface area contributed by atoms with Crippen LogP contribution in [0.3, 0.4) is 0 Å². The first-order valence-electron chi connectivity index (χ1n) is 8.14. The lowest BCUT2D eigenvalue weighted by molar-refractivity contribution is 0.415. The average molecular weight is 386 g/mol. The number of nitrogens with zero attached hydrogens (tertiary/aromatic N) is 3. The summed E-state index contributed by atoms with van der Waals surface area (Å²) in [5, 5.41) is 9.36. The minimum Gasteiger partial charge on any atom is -0.497 e. The Hall–Kier alpha value is -2.37. The largest absolute Gasteiger partial charge is 0.497 e. The monoisotopic (exact) mass is 385 g/mol. The Morgan fingerprint density at radius 2 is 1.62 bits per heavy atom. The van der Waals surface area contributed by atoms with Crippen LogP contribution in [0.1, 0.15) is 13.8 Å². The van der Waals surface area contributed by atoms with E-state index in [1.54, 1.807) is 18.4 Å². The van der Waals surface area contributed by atoms with Crippen molar-refractivity contribution < 1.29 is 4.74 Å². The highest BCUT2D eigenvalue weighted by atomic mass is 35.5. The zero-order chi connectivity index (χ0) is 18.7. The number of halogens is 1. The van der Waals surface area contributed by atoms with Gasteiger partial charge in [-0.1, -0.05) is 35.1 Å². The molecule has 0 radical (unpaired) electrons. The number of aromatic nitrogens is 1. The third-order valence-corrected chi connectivity index (χ3v) is 5.26. The van der Waals surface area contributed by atoms with Crippen LogP contribution in [0.4, 0.5) is 0 Å². The van der Waals surface area contributed by atoms with Crippen molar-refractivity contribution in [2.24, 2.45) is 17.3 Å². The zero-order valence-corrected chi connectivity index (χ0v) is 16.7. The summed E-state index contributed by atoms with van der Waals surface area (Å²) in [6.07, 6.45) is 0. The molecule has 0 saturated carbocycles. The Labute approximate surface area is 162 Å². The van der Waals surface area contributed by atoms with E-state index in [4.69, 9.17) is 16.3 Å². The summed E-state index contributed by atoms with van der Waals surface area (Å²) in [5.41, 5.74) is 4.19. The van der Waals surface area contributed by atoms with Gasteiger partial charge in [-0.3, -0.25) is 0 Å². The second kappa shape index (κ2) is 7.89. The Balaban J connectivity index is 2.23. The van der Waals surface area contributed by atoms with Crippen LogP contribution in [0.2, 0.25) is 5.02 Å². The fraction of sp³-hybridized carbons (Fsp3) is 0.200. The molecule has 1 aromatic heterocycles. The maximum Gasteiger partial charge on any atom is 0.211 e. The zero-order valence-electron chi connectivity index (χ0n) is 15.2. The molecule has 0 aliphatic carbocycles. The van der Waals surface area contributed by atoms with Gasteiger partial charge in [-0.05, 0) is 61.4 Å². The maximum absolute atomic E-state index is 6.06. The van der Waals surface area contributed by atoms with Crippen LogP contribution in [0.25, 0.3) is 21.7 Å². The third-order valence-electron chi connectivity index (χ3n) is 3.84. The topological polar surface area (TPSA) is 38.9 Å². The lowest BCUT2D eigenvalue weighted by Gasteiger charge is -2.08. The molecule has 0 fully saturated rings. The van der Waals surface area contributed by atoms with Crippen molar-refractivity contribution in [1.82, 2.24) is 4.57 Å². The molecule has 134 valence electrons. The number of hydrogen-bond donors (Lipinski definition) is 0. The van der Waals surface area contributed by atoms with E-state index in [0.717, 1.165) is 43.0 Å². The number of thiazole rings is 1. The van der Waals surface area contributed by atoms with Crippen molar-refractivity contribution in [2.45, 2.75) is 13.8 Å². The van der Waals surface area contributed by atoms with Gasteiger partial charge in [-0.15, -0.1) is 5.10 Å². The number of benzene rings is 2. The maximum atomic E-state index is 6.06. The van der Waals surface area contributed by atoms with Gasteiger partial charge in [0.2, 0.25) is 4.80 Å². The molecule has 0 aliphatic heterocycles. The summed E-state index contributed by atoms with van der Waals surface area (Å²) < 4.78 is 7.35. The molecule has 2 aromatic carbocycles. The van der Waals surface area contributed by atoms with Gasteiger partial charge in [-0.2, -0.15) is 5.10 Å². The van der Waals surface area contributed by atoms with Gasteiger partial charge in [0.15, 0.2) is 0 Å². The van der Waals surface area contributed by atoms with Crippen LogP contribution < -0.4 is 9.54 Å². The van der Waals surface area contributed by atoms with Crippen molar-refractivity contribution in [3.05, 3.63) is 58.4 Å². The highest BCUT2D eigenvalue weighted by Crippen LogP contribution is 2.35. The third kappa shape index (κ3) is 3.89. The molecule has 0 aliphatic rings. The molecule has 0 amide bonds. The summed E-state index contributed by atoms with van der Waals surface area (Å²) in [6, 6.07) is 15.9. The van der Waals surface area contributed by atoms with Crippen molar-refractivity contribution in [3.8, 4) is 27.4 Å². The van der Waals surface area contributed by atoms with Crippen LogP contribution in [0, 0.1) is 0 Å². The van der Waals surface area contributed by atoms with E-state index in [-0.39, 0.29) is 0 Å². The summed E-state index contributed by atoms with van der Waals surface area (Å²) in [7, 11) is 3.68. The van der Waals surface area contributed by atoms with E-state index in [1.165, 1.54) is 0 Å². The molecule has 0 N–H and O–H groups in total. The second-order valence-electron chi connectivity index (χ2n) is 6.00. The Bertz CT molecular complexity index is 995. The molecule has 4 nitrogen and oxygen atoms in total. The van der Waals surface area contributed by atoms with Crippen molar-refractivity contribution in [2.75, 3.05) is 7.11 Å². The molecule has 3 aromatic rings. The van der Waals surface area contributed by atoms with Gasteiger partial charge in [0.05, 0.1) is 17.7 Å². The number of methoxy groups -OCH3 is 1. The van der Waals surface area contributed by atoms with Crippen LogP contribution >= 0.6 is 22.9 Å². The van der Waals surface area contributed by atoms with E-state index in [0.29, 0.717) is 0 Å². The fourth-order valence-corrected chi connectivity index (χ4v) is 3.78. The number of ether oxygens (including phenoxy) is 1. The average Bonchev–Trinajstić information content (AvgIpc) is 2.97. The molecule has 0 unspecified atom stereocenters. The molecular weight excluding hydrogens is 366 g/mol. The standard InChI is InChI=1S/C20H20ClN3OS/c1-13(2)22-23-20-24(3)18(14-7-11-17(25-4)12-8-14)19(26-20)15-5-9-16(21)10-6-15/h5-12H,1-4H3. The SMILES string of the molecule is COc1ccc(-c2c(-c3ccc(Cl)cc3)sc(=NN=C(C)C)n2C)cc1. The highest BCUT2D eigenvalue weighted by molar-refractivity contribution is 7.13. The first kappa shape index (κ1) is 18.4. The first-order chi connectivity index (χ1) is 12.5. The van der Waals surface area contributed by atoms with Crippen molar-refractivity contribution >= 4 is 28.6 Å². The van der Waals surface area contributed by atoms with Gasteiger partial charge in [0.1, 0.15) is 5.75 Å². The van der Waals surface area contributed by atoms with Gasteiger partial charge in [-0.25, -0.2) is 0 Å². The van der Waals surface area contributed by atoms with E-state index in [2.05, 4.69) is 26.9 Å². The predicted octanol–water partition coefficient (Wildman–Crippen LogP) is 5.38. The van der Waals surface area contributed by atoms with Crippen molar-refractivity contribution in [1.29, 1.82) is 0 Å². The van der Waals surface area contributed by atoms with Crippen LogP contribution in [0.15, 0.2) is 58.7 Å². The molecule has 0 saturated heterocycles. The molecular formula is C20H20ClN3OS. The molecule has 0 atom stereocenters. The Morgan fingerprint density at radius 1 is 1.00 bits per heavy atom. The quantitative estimate of drug-likeness (QED) is 0.439. The predicted molar refractivity (Wildman–Crippen MR) is 110 cm³/mol. The molecule has 1 heterocycles. The van der Waals surface area contributed by atoms with Gasteiger partial charge < -0.3 is 9.30 Å². The number of rotatable bonds is 4. The molecule has 0 bridgehead atoms. The molecule has 3 rings (SSSR count). The lowest BCUT2D eigenvalue weighted by Crippen LogP contribution is -2.11. The van der Waals surface area contributed by atoms with Gasteiger partial charge >= 0.3 is 0 Å². The number of hydrogen-bond acceptors (Lipinski definition) is 4. The summed E-state index contributed by atoms with van der Waals surface area (Å²) in [5.74, 6) is 0.829. The van der Waals surface area contributed by atoms with Crippen molar-refractivity contribution in [3.63, 3.8) is 0 Å².